The molecule has 7 nitrogen and oxygen atoms in total. The predicted octanol–water partition coefficient (Wildman–Crippen LogP) is 3.85. The molecule has 29 heavy (non-hydrogen) atoms. The highest BCUT2D eigenvalue weighted by atomic mass is 16.5. The molecule has 4 aromatic rings. The number of ether oxygens (including phenoxy) is 2. The fourth-order valence-corrected chi connectivity index (χ4v) is 3.17. The predicted molar refractivity (Wildman–Crippen MR) is 110 cm³/mol. The van der Waals surface area contributed by atoms with Crippen molar-refractivity contribution in [3.05, 3.63) is 72.3 Å². The van der Waals surface area contributed by atoms with Crippen LogP contribution in [0.2, 0.25) is 0 Å². The van der Waals surface area contributed by atoms with Gasteiger partial charge in [-0.2, -0.15) is 0 Å². The standard InChI is InChI=1S/C22H21N5O2/c1-15-6-4-5-7-18(15)19-10-8-16(12-23-19)22-26-25-20(14-28-2)27(22)17-9-11-21(29-3)24-13-17/h4-13H,14H2,1-3H3. The largest absolute Gasteiger partial charge is 0.481 e. The molecule has 0 N–H and O–H groups in total. The highest BCUT2D eigenvalue weighted by Crippen LogP contribution is 2.26. The lowest BCUT2D eigenvalue weighted by molar-refractivity contribution is 0.176. The summed E-state index contributed by atoms with van der Waals surface area (Å²) in [5, 5.41) is 8.67. The molecule has 0 aliphatic rings. The molecular formula is C22H21N5O2. The summed E-state index contributed by atoms with van der Waals surface area (Å²) in [6.07, 6.45) is 3.54. The van der Waals surface area contributed by atoms with E-state index in [1.807, 2.05) is 41.1 Å². The van der Waals surface area contributed by atoms with E-state index in [-0.39, 0.29) is 0 Å². The van der Waals surface area contributed by atoms with Crippen LogP contribution in [0.1, 0.15) is 11.4 Å². The first-order valence-corrected chi connectivity index (χ1v) is 9.17. The topological polar surface area (TPSA) is 75.0 Å². The van der Waals surface area contributed by atoms with Gasteiger partial charge in [-0.3, -0.25) is 9.55 Å². The highest BCUT2D eigenvalue weighted by Gasteiger charge is 2.16. The van der Waals surface area contributed by atoms with Gasteiger partial charge < -0.3 is 9.47 Å². The number of aromatic nitrogens is 5. The molecule has 0 unspecified atom stereocenters. The maximum Gasteiger partial charge on any atom is 0.213 e. The molecule has 0 saturated heterocycles. The molecule has 4 rings (SSSR count). The van der Waals surface area contributed by atoms with E-state index in [1.54, 1.807) is 26.5 Å². The highest BCUT2D eigenvalue weighted by molar-refractivity contribution is 5.66. The first-order chi connectivity index (χ1) is 14.2. The van der Waals surface area contributed by atoms with Crippen LogP contribution in [0, 0.1) is 6.92 Å². The van der Waals surface area contributed by atoms with E-state index in [1.165, 1.54) is 5.56 Å². The average Bonchev–Trinajstić information content (AvgIpc) is 3.18. The Labute approximate surface area is 169 Å². The normalized spacial score (nSPS) is 10.9. The van der Waals surface area contributed by atoms with Crippen molar-refractivity contribution in [2.75, 3.05) is 14.2 Å². The molecule has 0 aliphatic heterocycles. The van der Waals surface area contributed by atoms with E-state index in [0.29, 0.717) is 24.1 Å². The molecule has 0 aliphatic carbocycles. The van der Waals surface area contributed by atoms with Crippen molar-refractivity contribution >= 4 is 0 Å². The monoisotopic (exact) mass is 387 g/mol. The lowest BCUT2D eigenvalue weighted by Crippen LogP contribution is -2.05. The molecule has 146 valence electrons. The molecule has 7 heteroatoms. The molecule has 0 atom stereocenters. The molecule has 3 aromatic heterocycles. The van der Waals surface area contributed by atoms with Gasteiger partial charge >= 0.3 is 0 Å². The van der Waals surface area contributed by atoms with Gasteiger partial charge in [0.05, 0.1) is 24.7 Å². The zero-order valence-electron chi connectivity index (χ0n) is 16.5. The van der Waals surface area contributed by atoms with Crippen molar-refractivity contribution in [3.8, 4) is 34.2 Å². The van der Waals surface area contributed by atoms with Crippen LogP contribution in [0.5, 0.6) is 5.88 Å². The first-order valence-electron chi connectivity index (χ1n) is 9.17. The minimum Gasteiger partial charge on any atom is -0.481 e. The van der Waals surface area contributed by atoms with Gasteiger partial charge in [-0.25, -0.2) is 4.98 Å². The van der Waals surface area contributed by atoms with Gasteiger partial charge in [-0.15, -0.1) is 10.2 Å². The zero-order chi connectivity index (χ0) is 20.2. The van der Waals surface area contributed by atoms with E-state index in [0.717, 1.165) is 22.5 Å². The summed E-state index contributed by atoms with van der Waals surface area (Å²) in [6, 6.07) is 15.9. The van der Waals surface area contributed by atoms with Crippen LogP contribution in [-0.4, -0.2) is 39.0 Å². The number of hydrogen-bond acceptors (Lipinski definition) is 6. The maximum absolute atomic E-state index is 5.29. The smallest absolute Gasteiger partial charge is 0.213 e. The van der Waals surface area contributed by atoms with E-state index in [4.69, 9.17) is 9.47 Å². The lowest BCUT2D eigenvalue weighted by Gasteiger charge is -2.11. The fraction of sp³-hybridized carbons (Fsp3) is 0.182. The van der Waals surface area contributed by atoms with Crippen LogP contribution >= 0.6 is 0 Å². The third kappa shape index (κ3) is 3.72. The van der Waals surface area contributed by atoms with Crippen molar-refractivity contribution in [1.29, 1.82) is 0 Å². The molecule has 0 bridgehead atoms. The first kappa shape index (κ1) is 18.8. The van der Waals surface area contributed by atoms with Crippen molar-refractivity contribution < 1.29 is 9.47 Å². The Balaban J connectivity index is 1.76. The summed E-state index contributed by atoms with van der Waals surface area (Å²) in [7, 11) is 3.22. The number of aryl methyl sites for hydroxylation is 1. The molecule has 1 aromatic carbocycles. The van der Waals surface area contributed by atoms with Crippen LogP contribution in [-0.2, 0) is 11.3 Å². The Morgan fingerprint density at radius 2 is 1.76 bits per heavy atom. The average molecular weight is 387 g/mol. The molecule has 0 fully saturated rings. The summed E-state index contributed by atoms with van der Waals surface area (Å²) < 4.78 is 12.4. The second-order valence-corrected chi connectivity index (χ2v) is 6.51. The number of benzene rings is 1. The molecular weight excluding hydrogens is 366 g/mol. The third-order valence-corrected chi connectivity index (χ3v) is 4.63. The van der Waals surface area contributed by atoms with Gasteiger partial charge in [0.1, 0.15) is 6.61 Å². The fourth-order valence-electron chi connectivity index (χ4n) is 3.17. The van der Waals surface area contributed by atoms with Crippen LogP contribution in [0.3, 0.4) is 0 Å². The Morgan fingerprint density at radius 1 is 0.897 bits per heavy atom. The summed E-state index contributed by atoms with van der Waals surface area (Å²) in [5.74, 6) is 1.89. The van der Waals surface area contributed by atoms with Crippen LogP contribution in [0.15, 0.2) is 60.9 Å². The Kier molecular flexibility index (Phi) is 5.31. The minimum atomic E-state index is 0.327. The van der Waals surface area contributed by atoms with Crippen molar-refractivity contribution in [1.82, 2.24) is 24.7 Å². The number of pyridine rings is 2. The summed E-state index contributed by atoms with van der Waals surface area (Å²) in [6.45, 7) is 2.41. The SMILES string of the molecule is COCc1nnc(-c2ccc(-c3ccccc3C)nc2)n1-c1ccc(OC)nc1. The molecule has 3 heterocycles. The van der Waals surface area contributed by atoms with Gasteiger partial charge in [0.15, 0.2) is 11.6 Å². The second-order valence-electron chi connectivity index (χ2n) is 6.51. The molecule has 0 spiro atoms. The number of methoxy groups -OCH3 is 2. The van der Waals surface area contributed by atoms with Gasteiger partial charge in [0.25, 0.3) is 0 Å². The van der Waals surface area contributed by atoms with Gasteiger partial charge in [0.2, 0.25) is 5.88 Å². The van der Waals surface area contributed by atoms with Crippen molar-refractivity contribution in [2.24, 2.45) is 0 Å². The molecule has 0 amide bonds. The summed E-state index contributed by atoms with van der Waals surface area (Å²) >= 11 is 0. The molecule has 0 saturated carbocycles. The zero-order valence-corrected chi connectivity index (χ0v) is 16.5. The van der Waals surface area contributed by atoms with Crippen molar-refractivity contribution in [2.45, 2.75) is 13.5 Å². The van der Waals surface area contributed by atoms with Crippen molar-refractivity contribution in [3.63, 3.8) is 0 Å². The van der Waals surface area contributed by atoms with Crippen LogP contribution in [0.4, 0.5) is 0 Å². The third-order valence-electron chi connectivity index (χ3n) is 4.63. The number of hydrogen-bond donors (Lipinski definition) is 0. The number of rotatable bonds is 6. The Hall–Kier alpha value is -3.58. The van der Waals surface area contributed by atoms with Gasteiger partial charge in [-0.1, -0.05) is 24.3 Å². The molecule has 0 radical (unpaired) electrons. The summed E-state index contributed by atoms with van der Waals surface area (Å²) in [4.78, 5) is 8.95. The minimum absolute atomic E-state index is 0.327. The van der Waals surface area contributed by atoms with Crippen LogP contribution < -0.4 is 4.74 Å². The van der Waals surface area contributed by atoms with Gasteiger partial charge in [-0.05, 0) is 30.7 Å². The van der Waals surface area contributed by atoms with Gasteiger partial charge in [0, 0.05) is 30.5 Å². The van der Waals surface area contributed by atoms with E-state index in [9.17, 15) is 0 Å². The van der Waals surface area contributed by atoms with E-state index in [2.05, 4.69) is 39.2 Å². The quantitative estimate of drug-likeness (QED) is 0.500. The van der Waals surface area contributed by atoms with E-state index >= 15 is 0 Å². The Bertz CT molecular complexity index is 1110. The second kappa shape index (κ2) is 8.20. The number of nitrogens with zero attached hydrogens (tertiary/aromatic N) is 5. The maximum atomic E-state index is 5.29. The van der Waals surface area contributed by atoms with E-state index < -0.39 is 0 Å². The van der Waals surface area contributed by atoms with Crippen LogP contribution in [0.25, 0.3) is 28.3 Å². The lowest BCUT2D eigenvalue weighted by atomic mass is 10.0. The summed E-state index contributed by atoms with van der Waals surface area (Å²) in [5.41, 5.74) is 4.89. The Morgan fingerprint density at radius 3 is 2.41 bits per heavy atom.